The van der Waals surface area contributed by atoms with Crippen LogP contribution >= 0.6 is 0 Å². The van der Waals surface area contributed by atoms with E-state index in [2.05, 4.69) is 31.3 Å². The fourth-order valence-electron chi connectivity index (χ4n) is 2.72. The zero-order valence-electron chi connectivity index (χ0n) is 14.7. The summed E-state index contributed by atoms with van der Waals surface area (Å²) in [6, 6.07) is 9.95. The van der Waals surface area contributed by atoms with Gasteiger partial charge in [0.1, 0.15) is 0 Å². The maximum absolute atomic E-state index is 12.2. The fraction of sp³-hybridized carbons (Fsp3) is 0.556. The Balaban J connectivity index is 2.57. The largest absolute Gasteiger partial charge is 0.481 e. The first kappa shape index (κ1) is 19.0. The normalized spacial score (nSPS) is 14.0. The quantitative estimate of drug-likeness (QED) is 0.811. The predicted molar refractivity (Wildman–Crippen MR) is 91.5 cm³/mol. The number of benzene rings is 1. The van der Waals surface area contributed by atoms with Crippen molar-refractivity contribution in [1.29, 1.82) is 0 Å². The lowest BCUT2D eigenvalue weighted by molar-refractivity contribution is -0.141. The Bertz CT molecular complexity index is 528. The molecule has 2 N–H and O–H groups in total. The molecule has 2 unspecified atom stereocenters. The van der Waals surface area contributed by atoms with Crippen LogP contribution in [-0.2, 0) is 10.2 Å². The number of carbonyl (C=O) groups is 2. The Labute approximate surface area is 138 Å². The highest BCUT2D eigenvalue weighted by atomic mass is 16.4. The number of hydrogen-bond acceptors (Lipinski definition) is 2. The lowest BCUT2D eigenvalue weighted by Crippen LogP contribution is -2.45. The number of carboxylic acids is 1. The van der Waals surface area contributed by atoms with Crippen molar-refractivity contribution in [3.05, 3.63) is 35.9 Å². The smallest absolute Gasteiger partial charge is 0.317 e. The van der Waals surface area contributed by atoms with Crippen molar-refractivity contribution in [2.45, 2.75) is 45.6 Å². The highest BCUT2D eigenvalue weighted by Gasteiger charge is 2.25. The van der Waals surface area contributed by atoms with E-state index >= 15 is 0 Å². The highest BCUT2D eigenvalue weighted by molar-refractivity contribution is 5.75. The summed E-state index contributed by atoms with van der Waals surface area (Å²) < 4.78 is 0. The van der Waals surface area contributed by atoms with Crippen LogP contribution in [0, 0.1) is 5.92 Å². The Morgan fingerprint density at radius 2 is 1.78 bits per heavy atom. The fourth-order valence-corrected chi connectivity index (χ4v) is 2.72. The number of hydrogen-bond donors (Lipinski definition) is 2. The number of amides is 2. The van der Waals surface area contributed by atoms with Gasteiger partial charge in [0.25, 0.3) is 0 Å². The average Bonchev–Trinajstić information content (AvgIpc) is 2.47. The molecule has 0 aliphatic carbocycles. The molecule has 5 nitrogen and oxygen atoms in total. The number of carbonyl (C=O) groups excluding carboxylic acids is 1. The van der Waals surface area contributed by atoms with E-state index in [4.69, 9.17) is 5.11 Å². The molecule has 0 bridgehead atoms. The average molecular weight is 320 g/mol. The summed E-state index contributed by atoms with van der Waals surface area (Å²) in [7, 11) is 1.61. The van der Waals surface area contributed by atoms with Gasteiger partial charge in [0.15, 0.2) is 0 Å². The van der Waals surface area contributed by atoms with E-state index in [9.17, 15) is 9.59 Å². The van der Waals surface area contributed by atoms with E-state index in [0.29, 0.717) is 0 Å². The zero-order chi connectivity index (χ0) is 17.6. The van der Waals surface area contributed by atoms with E-state index in [-0.39, 0.29) is 24.0 Å². The summed E-state index contributed by atoms with van der Waals surface area (Å²) >= 11 is 0. The molecule has 0 aliphatic rings. The number of nitrogens with zero attached hydrogens (tertiary/aromatic N) is 1. The van der Waals surface area contributed by atoms with Crippen molar-refractivity contribution < 1.29 is 14.7 Å². The van der Waals surface area contributed by atoms with Gasteiger partial charge in [-0.15, -0.1) is 0 Å². The number of aliphatic carboxylic acids is 1. The summed E-state index contributed by atoms with van der Waals surface area (Å²) in [6.07, 6.45) is 0.797. The van der Waals surface area contributed by atoms with Crippen LogP contribution in [0.15, 0.2) is 30.3 Å². The highest BCUT2D eigenvalue weighted by Crippen LogP contribution is 2.28. The second kappa shape index (κ2) is 7.99. The molecule has 2 atom stereocenters. The maximum atomic E-state index is 12.2. The summed E-state index contributed by atoms with van der Waals surface area (Å²) in [4.78, 5) is 24.4. The molecule has 0 aromatic heterocycles. The first-order valence-corrected chi connectivity index (χ1v) is 7.93. The molecule has 128 valence electrons. The third kappa shape index (κ3) is 5.93. The lowest BCUT2D eigenvalue weighted by atomic mass is 9.79. The van der Waals surface area contributed by atoms with Gasteiger partial charge in [0.05, 0.1) is 5.92 Å². The van der Waals surface area contributed by atoms with Crippen molar-refractivity contribution in [3.63, 3.8) is 0 Å². The second-order valence-corrected chi connectivity index (χ2v) is 6.92. The minimum Gasteiger partial charge on any atom is -0.481 e. The summed E-state index contributed by atoms with van der Waals surface area (Å²) in [5, 5.41) is 11.9. The van der Waals surface area contributed by atoms with Crippen molar-refractivity contribution in [3.8, 4) is 0 Å². The van der Waals surface area contributed by atoms with E-state index in [1.807, 2.05) is 25.1 Å². The number of nitrogens with one attached hydrogen (secondary N) is 1. The third-order valence-corrected chi connectivity index (χ3v) is 4.06. The Hall–Kier alpha value is -2.04. The summed E-state index contributed by atoms with van der Waals surface area (Å²) in [5.41, 5.74) is 1.18. The van der Waals surface area contributed by atoms with Gasteiger partial charge < -0.3 is 15.3 Å². The summed E-state index contributed by atoms with van der Waals surface area (Å²) in [6.45, 7) is 8.06. The predicted octanol–water partition coefficient (Wildman–Crippen LogP) is 3.10. The molecule has 23 heavy (non-hydrogen) atoms. The molecule has 0 saturated heterocycles. The number of rotatable bonds is 7. The van der Waals surface area contributed by atoms with Gasteiger partial charge in [-0.25, -0.2) is 4.79 Å². The Morgan fingerprint density at radius 3 is 2.30 bits per heavy atom. The Morgan fingerprint density at radius 1 is 1.22 bits per heavy atom. The molecule has 0 fully saturated rings. The van der Waals surface area contributed by atoms with Gasteiger partial charge in [-0.1, -0.05) is 51.1 Å². The molecule has 0 radical (unpaired) electrons. The molecular formula is C18H28N2O3. The first-order valence-electron chi connectivity index (χ1n) is 7.93. The van der Waals surface area contributed by atoms with Crippen LogP contribution < -0.4 is 5.32 Å². The minimum absolute atomic E-state index is 0.0136. The SMILES string of the molecule is CC(CC(C)(C)c1ccccc1)NC(=O)N(C)CC(C)C(=O)O. The van der Waals surface area contributed by atoms with E-state index in [0.717, 1.165) is 6.42 Å². The van der Waals surface area contributed by atoms with Crippen LogP contribution in [0.3, 0.4) is 0 Å². The number of carboxylic acid groups (broad SMARTS) is 1. The molecular weight excluding hydrogens is 292 g/mol. The maximum Gasteiger partial charge on any atom is 0.317 e. The zero-order valence-corrected chi connectivity index (χ0v) is 14.7. The van der Waals surface area contributed by atoms with Gasteiger partial charge in [-0.05, 0) is 24.3 Å². The van der Waals surface area contributed by atoms with E-state index < -0.39 is 11.9 Å². The van der Waals surface area contributed by atoms with Gasteiger partial charge in [-0.2, -0.15) is 0 Å². The molecule has 1 aromatic carbocycles. The van der Waals surface area contributed by atoms with Crippen LogP contribution in [0.1, 0.15) is 39.7 Å². The molecule has 0 spiro atoms. The van der Waals surface area contributed by atoms with Gasteiger partial charge in [0.2, 0.25) is 0 Å². The van der Waals surface area contributed by atoms with Crippen LogP contribution in [0.25, 0.3) is 0 Å². The molecule has 1 aromatic rings. The molecule has 1 rings (SSSR count). The second-order valence-electron chi connectivity index (χ2n) is 6.92. The van der Waals surface area contributed by atoms with Crippen molar-refractivity contribution in [2.75, 3.05) is 13.6 Å². The molecule has 0 saturated carbocycles. The molecule has 0 aliphatic heterocycles. The van der Waals surface area contributed by atoms with Gasteiger partial charge in [-0.3, -0.25) is 4.79 Å². The van der Waals surface area contributed by atoms with Crippen LogP contribution in [-0.4, -0.2) is 41.6 Å². The van der Waals surface area contributed by atoms with Gasteiger partial charge in [0, 0.05) is 19.6 Å². The van der Waals surface area contributed by atoms with Crippen molar-refractivity contribution >= 4 is 12.0 Å². The summed E-state index contributed by atoms with van der Waals surface area (Å²) in [5.74, 6) is -1.48. The first-order chi connectivity index (χ1) is 10.6. The topological polar surface area (TPSA) is 69.6 Å². The minimum atomic E-state index is -0.900. The van der Waals surface area contributed by atoms with E-state index in [1.54, 1.807) is 14.0 Å². The third-order valence-electron chi connectivity index (χ3n) is 4.06. The Kier molecular flexibility index (Phi) is 6.61. The van der Waals surface area contributed by atoms with Crippen molar-refractivity contribution in [1.82, 2.24) is 10.2 Å². The van der Waals surface area contributed by atoms with Crippen molar-refractivity contribution in [2.24, 2.45) is 5.92 Å². The van der Waals surface area contributed by atoms with Crippen LogP contribution in [0.5, 0.6) is 0 Å². The number of urea groups is 1. The standard InChI is InChI=1S/C18H28N2O3/c1-13(16(21)22)12-20(5)17(23)19-14(2)11-18(3,4)15-9-7-6-8-10-15/h6-10,13-14H,11-12H2,1-5H3,(H,19,23)(H,21,22). The lowest BCUT2D eigenvalue weighted by Gasteiger charge is -2.30. The van der Waals surface area contributed by atoms with E-state index in [1.165, 1.54) is 10.5 Å². The molecule has 5 heteroatoms. The van der Waals surface area contributed by atoms with Gasteiger partial charge >= 0.3 is 12.0 Å². The monoisotopic (exact) mass is 320 g/mol. The molecule has 2 amide bonds. The van der Waals surface area contributed by atoms with Crippen LogP contribution in [0.2, 0.25) is 0 Å². The van der Waals surface area contributed by atoms with Crippen LogP contribution in [0.4, 0.5) is 4.79 Å². The molecule has 0 heterocycles.